The quantitative estimate of drug-likeness (QED) is 0.854. The number of rotatable bonds is 4. The van der Waals surface area contributed by atoms with Crippen molar-refractivity contribution >= 4 is 0 Å². The molecule has 1 unspecified atom stereocenters. The lowest BCUT2D eigenvalue weighted by Crippen LogP contribution is -2.17. The standard InChI is InChI=1S/C13H16N2O/c1-10-3-5-13(6-4-10)11(2)14-7-12-8-15-16-9-12/h3-6,8-9,11,14H,7H2,1-2H3. The molecule has 0 aliphatic rings. The van der Waals surface area contributed by atoms with Crippen molar-refractivity contribution in [3.63, 3.8) is 0 Å². The van der Waals surface area contributed by atoms with Crippen LogP contribution in [-0.2, 0) is 6.54 Å². The van der Waals surface area contributed by atoms with Gasteiger partial charge in [-0.25, -0.2) is 0 Å². The zero-order valence-corrected chi connectivity index (χ0v) is 9.60. The molecule has 0 aliphatic carbocycles. The van der Waals surface area contributed by atoms with E-state index in [1.165, 1.54) is 11.1 Å². The lowest BCUT2D eigenvalue weighted by atomic mass is 10.1. The van der Waals surface area contributed by atoms with E-state index in [4.69, 9.17) is 4.52 Å². The second kappa shape index (κ2) is 4.94. The second-order valence-corrected chi connectivity index (χ2v) is 4.05. The van der Waals surface area contributed by atoms with Crippen LogP contribution in [-0.4, -0.2) is 5.16 Å². The number of nitrogens with zero attached hydrogens (tertiary/aromatic N) is 1. The van der Waals surface area contributed by atoms with Gasteiger partial charge in [-0.2, -0.15) is 0 Å². The Hall–Kier alpha value is -1.61. The second-order valence-electron chi connectivity index (χ2n) is 4.05. The summed E-state index contributed by atoms with van der Waals surface area (Å²) in [6.07, 6.45) is 3.39. The third kappa shape index (κ3) is 2.70. The molecular weight excluding hydrogens is 200 g/mol. The maximum atomic E-state index is 4.78. The number of hydrogen-bond acceptors (Lipinski definition) is 3. The molecule has 3 heteroatoms. The minimum Gasteiger partial charge on any atom is -0.364 e. The van der Waals surface area contributed by atoms with Gasteiger partial charge in [0.25, 0.3) is 0 Å². The fourth-order valence-electron chi connectivity index (χ4n) is 1.56. The predicted molar refractivity (Wildman–Crippen MR) is 62.9 cm³/mol. The molecule has 1 N–H and O–H groups in total. The Morgan fingerprint density at radius 1 is 1.31 bits per heavy atom. The van der Waals surface area contributed by atoms with E-state index in [0.29, 0.717) is 6.04 Å². The van der Waals surface area contributed by atoms with Gasteiger partial charge in [0, 0.05) is 18.2 Å². The molecule has 0 saturated carbocycles. The van der Waals surface area contributed by atoms with Crippen molar-refractivity contribution in [2.24, 2.45) is 0 Å². The minimum absolute atomic E-state index is 0.329. The van der Waals surface area contributed by atoms with Crippen molar-refractivity contribution in [2.75, 3.05) is 0 Å². The number of nitrogens with one attached hydrogen (secondary N) is 1. The normalized spacial score (nSPS) is 12.6. The van der Waals surface area contributed by atoms with Crippen LogP contribution in [0.4, 0.5) is 0 Å². The van der Waals surface area contributed by atoms with E-state index < -0.39 is 0 Å². The largest absolute Gasteiger partial charge is 0.364 e. The van der Waals surface area contributed by atoms with Crippen molar-refractivity contribution in [3.05, 3.63) is 53.4 Å². The molecule has 1 heterocycles. The van der Waals surface area contributed by atoms with Gasteiger partial charge in [-0.05, 0) is 19.4 Å². The van der Waals surface area contributed by atoms with Crippen LogP contribution in [0.1, 0.15) is 29.7 Å². The predicted octanol–water partition coefficient (Wildman–Crippen LogP) is 2.83. The molecule has 2 aromatic rings. The first-order valence-electron chi connectivity index (χ1n) is 5.44. The third-order valence-electron chi connectivity index (χ3n) is 2.67. The van der Waals surface area contributed by atoms with E-state index in [1.54, 1.807) is 12.5 Å². The van der Waals surface area contributed by atoms with Crippen LogP contribution in [0.2, 0.25) is 0 Å². The number of benzene rings is 1. The molecule has 84 valence electrons. The van der Waals surface area contributed by atoms with Gasteiger partial charge in [0.2, 0.25) is 0 Å². The van der Waals surface area contributed by atoms with E-state index in [9.17, 15) is 0 Å². The zero-order valence-electron chi connectivity index (χ0n) is 9.60. The molecule has 0 spiro atoms. The zero-order chi connectivity index (χ0) is 11.4. The summed E-state index contributed by atoms with van der Waals surface area (Å²) in [4.78, 5) is 0. The molecule has 0 fully saturated rings. The molecule has 0 amide bonds. The van der Waals surface area contributed by atoms with Crippen LogP contribution in [0.5, 0.6) is 0 Å². The van der Waals surface area contributed by atoms with Crippen molar-refractivity contribution in [1.29, 1.82) is 0 Å². The fraction of sp³-hybridized carbons (Fsp3) is 0.308. The average Bonchev–Trinajstić information content (AvgIpc) is 2.80. The van der Waals surface area contributed by atoms with Crippen LogP contribution in [0.15, 0.2) is 41.2 Å². The van der Waals surface area contributed by atoms with Crippen LogP contribution in [0.25, 0.3) is 0 Å². The summed E-state index contributed by atoms with van der Waals surface area (Å²) in [5, 5.41) is 7.09. The number of aromatic nitrogens is 1. The highest BCUT2D eigenvalue weighted by molar-refractivity contribution is 5.23. The Morgan fingerprint density at radius 3 is 2.69 bits per heavy atom. The van der Waals surface area contributed by atoms with E-state index in [-0.39, 0.29) is 0 Å². The summed E-state index contributed by atoms with van der Waals surface area (Å²) in [5.41, 5.74) is 3.65. The molecule has 1 aromatic carbocycles. The Bertz CT molecular complexity index is 420. The van der Waals surface area contributed by atoms with Crippen molar-refractivity contribution < 1.29 is 4.52 Å². The van der Waals surface area contributed by atoms with Gasteiger partial charge in [0.15, 0.2) is 0 Å². The molecule has 1 aromatic heterocycles. The average molecular weight is 216 g/mol. The highest BCUT2D eigenvalue weighted by atomic mass is 16.5. The maximum Gasteiger partial charge on any atom is 0.128 e. The van der Waals surface area contributed by atoms with E-state index in [2.05, 4.69) is 48.6 Å². The fourth-order valence-corrected chi connectivity index (χ4v) is 1.56. The summed E-state index contributed by atoms with van der Waals surface area (Å²) in [5.74, 6) is 0. The summed E-state index contributed by atoms with van der Waals surface area (Å²) < 4.78 is 4.78. The monoisotopic (exact) mass is 216 g/mol. The Morgan fingerprint density at radius 2 is 2.06 bits per heavy atom. The molecule has 3 nitrogen and oxygen atoms in total. The third-order valence-corrected chi connectivity index (χ3v) is 2.67. The van der Waals surface area contributed by atoms with Crippen LogP contribution >= 0.6 is 0 Å². The smallest absolute Gasteiger partial charge is 0.128 e. The van der Waals surface area contributed by atoms with Gasteiger partial charge in [0.05, 0.1) is 6.20 Å². The molecule has 16 heavy (non-hydrogen) atoms. The Labute approximate surface area is 95.5 Å². The van der Waals surface area contributed by atoms with Gasteiger partial charge >= 0.3 is 0 Å². The lowest BCUT2D eigenvalue weighted by Gasteiger charge is -2.13. The molecule has 0 bridgehead atoms. The molecule has 0 radical (unpaired) electrons. The van der Waals surface area contributed by atoms with Gasteiger partial charge in [0.1, 0.15) is 6.26 Å². The van der Waals surface area contributed by atoms with Crippen LogP contribution in [0, 0.1) is 6.92 Å². The van der Waals surface area contributed by atoms with E-state index in [0.717, 1.165) is 12.1 Å². The van der Waals surface area contributed by atoms with E-state index >= 15 is 0 Å². The maximum absolute atomic E-state index is 4.78. The Balaban J connectivity index is 1.93. The summed E-state index contributed by atoms with van der Waals surface area (Å²) in [7, 11) is 0. The number of hydrogen-bond donors (Lipinski definition) is 1. The molecule has 0 aliphatic heterocycles. The lowest BCUT2D eigenvalue weighted by molar-refractivity contribution is 0.418. The molecule has 0 saturated heterocycles. The highest BCUT2D eigenvalue weighted by Gasteiger charge is 2.04. The Kier molecular flexibility index (Phi) is 3.37. The molecule has 1 atom stereocenters. The first-order chi connectivity index (χ1) is 7.75. The SMILES string of the molecule is Cc1ccc(C(C)NCc2cnoc2)cc1. The first kappa shape index (κ1) is 10.9. The van der Waals surface area contributed by atoms with Gasteiger partial charge in [-0.1, -0.05) is 35.0 Å². The van der Waals surface area contributed by atoms with Gasteiger partial charge in [-0.15, -0.1) is 0 Å². The van der Waals surface area contributed by atoms with Crippen LogP contribution < -0.4 is 5.32 Å². The van der Waals surface area contributed by atoms with Crippen LogP contribution in [0.3, 0.4) is 0 Å². The van der Waals surface area contributed by atoms with Gasteiger partial charge < -0.3 is 9.84 Å². The summed E-state index contributed by atoms with van der Waals surface area (Å²) in [6, 6.07) is 8.90. The number of aryl methyl sites for hydroxylation is 1. The summed E-state index contributed by atoms with van der Waals surface area (Å²) in [6.45, 7) is 5.02. The first-order valence-corrected chi connectivity index (χ1v) is 5.44. The topological polar surface area (TPSA) is 38.1 Å². The van der Waals surface area contributed by atoms with Crippen molar-refractivity contribution in [2.45, 2.75) is 26.4 Å². The summed E-state index contributed by atoms with van der Waals surface area (Å²) >= 11 is 0. The van der Waals surface area contributed by atoms with Crippen molar-refractivity contribution in [1.82, 2.24) is 10.5 Å². The molecular formula is C13H16N2O. The minimum atomic E-state index is 0.329. The molecule has 2 rings (SSSR count). The highest BCUT2D eigenvalue weighted by Crippen LogP contribution is 2.13. The van der Waals surface area contributed by atoms with Crippen molar-refractivity contribution in [3.8, 4) is 0 Å². The van der Waals surface area contributed by atoms with E-state index in [1.807, 2.05) is 0 Å². The van der Waals surface area contributed by atoms with Gasteiger partial charge in [-0.3, -0.25) is 0 Å².